The second kappa shape index (κ2) is 6.15. The smallest absolute Gasteiger partial charge is 0.388 e. The van der Waals surface area contributed by atoms with Crippen LogP contribution in [0, 0.1) is 5.82 Å². The van der Waals surface area contributed by atoms with Crippen molar-refractivity contribution in [3.63, 3.8) is 0 Å². The summed E-state index contributed by atoms with van der Waals surface area (Å²) in [5, 5.41) is 10.0. The molecule has 0 fully saturated rings. The second-order valence-electron chi connectivity index (χ2n) is 4.58. The highest BCUT2D eigenvalue weighted by Crippen LogP contribution is 2.30. The Morgan fingerprint density at radius 2 is 1.67 bits per heavy atom. The average molecular weight is 363 g/mol. The molecule has 0 saturated heterocycles. The number of hydrogen-bond acceptors (Lipinski definition) is 1. The van der Waals surface area contributed by atoms with Gasteiger partial charge in [0, 0.05) is 16.5 Å². The van der Waals surface area contributed by atoms with E-state index in [2.05, 4.69) is 15.9 Å². The van der Waals surface area contributed by atoms with Crippen LogP contribution in [0.1, 0.15) is 22.8 Å². The number of benzene rings is 2. The Hall–Kier alpha value is -1.40. The fourth-order valence-corrected chi connectivity index (χ4v) is 2.31. The van der Waals surface area contributed by atoms with Crippen molar-refractivity contribution in [2.75, 3.05) is 0 Å². The van der Waals surface area contributed by atoms with E-state index in [1.165, 1.54) is 30.3 Å². The van der Waals surface area contributed by atoms with E-state index in [4.69, 9.17) is 0 Å². The van der Waals surface area contributed by atoms with Gasteiger partial charge >= 0.3 is 6.18 Å². The Labute approximate surface area is 127 Å². The Morgan fingerprint density at radius 1 is 1.05 bits per heavy atom. The van der Waals surface area contributed by atoms with Crippen LogP contribution in [0.2, 0.25) is 0 Å². The van der Waals surface area contributed by atoms with Crippen LogP contribution < -0.4 is 0 Å². The number of hydrogen-bond donors (Lipinski definition) is 1. The van der Waals surface area contributed by atoms with Crippen LogP contribution >= 0.6 is 15.9 Å². The van der Waals surface area contributed by atoms with Crippen LogP contribution in [0.4, 0.5) is 17.6 Å². The van der Waals surface area contributed by atoms with Crippen molar-refractivity contribution in [2.45, 2.75) is 18.7 Å². The number of aliphatic hydroxyl groups is 1. The summed E-state index contributed by atoms with van der Waals surface area (Å²) >= 11 is 3.18. The van der Waals surface area contributed by atoms with Gasteiger partial charge in [-0.15, -0.1) is 0 Å². The first kappa shape index (κ1) is 16.0. The second-order valence-corrected chi connectivity index (χ2v) is 5.50. The van der Waals surface area contributed by atoms with Gasteiger partial charge in [-0.1, -0.05) is 28.1 Å². The SMILES string of the molecule is OC(Cc1ccc(C(F)(F)F)cc1)c1cc(Br)ccc1F. The van der Waals surface area contributed by atoms with Crippen molar-refractivity contribution in [1.82, 2.24) is 0 Å². The molecular formula is C15H11BrF4O. The van der Waals surface area contributed by atoms with Gasteiger partial charge in [0.2, 0.25) is 0 Å². The number of aliphatic hydroxyl groups excluding tert-OH is 1. The van der Waals surface area contributed by atoms with Gasteiger partial charge in [0.1, 0.15) is 5.82 Å². The average Bonchev–Trinajstić information content (AvgIpc) is 2.41. The summed E-state index contributed by atoms with van der Waals surface area (Å²) in [5.41, 5.74) is -0.159. The first-order chi connectivity index (χ1) is 9.77. The monoisotopic (exact) mass is 362 g/mol. The van der Waals surface area contributed by atoms with E-state index in [0.29, 0.717) is 10.0 Å². The van der Waals surface area contributed by atoms with Crippen molar-refractivity contribution in [1.29, 1.82) is 0 Å². The summed E-state index contributed by atoms with van der Waals surface area (Å²) in [6, 6.07) is 8.62. The van der Waals surface area contributed by atoms with Crippen molar-refractivity contribution in [3.05, 3.63) is 69.4 Å². The van der Waals surface area contributed by atoms with E-state index >= 15 is 0 Å². The molecule has 1 unspecified atom stereocenters. The molecule has 0 saturated carbocycles. The molecule has 2 rings (SSSR count). The van der Waals surface area contributed by atoms with E-state index in [1.807, 2.05) is 0 Å². The van der Waals surface area contributed by atoms with Crippen LogP contribution in [0.25, 0.3) is 0 Å². The predicted molar refractivity (Wildman–Crippen MR) is 74.2 cm³/mol. The zero-order chi connectivity index (χ0) is 15.6. The molecule has 2 aromatic carbocycles. The molecule has 0 aromatic heterocycles. The third-order valence-corrected chi connectivity index (χ3v) is 3.52. The van der Waals surface area contributed by atoms with Crippen LogP contribution in [0.15, 0.2) is 46.9 Å². The minimum Gasteiger partial charge on any atom is -0.388 e. The Balaban J connectivity index is 2.16. The van der Waals surface area contributed by atoms with Crippen molar-refractivity contribution < 1.29 is 22.7 Å². The zero-order valence-electron chi connectivity index (χ0n) is 10.7. The lowest BCUT2D eigenvalue weighted by Gasteiger charge is -2.13. The van der Waals surface area contributed by atoms with E-state index < -0.39 is 23.7 Å². The molecule has 0 aliphatic heterocycles. The van der Waals surface area contributed by atoms with Crippen LogP contribution in [0.3, 0.4) is 0 Å². The summed E-state index contributed by atoms with van der Waals surface area (Å²) < 4.78 is 51.6. The van der Waals surface area contributed by atoms with E-state index in [9.17, 15) is 22.7 Å². The van der Waals surface area contributed by atoms with Crippen LogP contribution in [0.5, 0.6) is 0 Å². The lowest BCUT2D eigenvalue weighted by atomic mass is 10.00. The Bertz CT molecular complexity index is 623. The lowest BCUT2D eigenvalue weighted by molar-refractivity contribution is -0.137. The third-order valence-electron chi connectivity index (χ3n) is 3.03. The maximum atomic E-state index is 13.6. The first-order valence-electron chi connectivity index (χ1n) is 6.06. The first-order valence-corrected chi connectivity index (χ1v) is 6.86. The summed E-state index contributed by atoms with van der Waals surface area (Å²) in [4.78, 5) is 0. The maximum absolute atomic E-state index is 13.6. The molecule has 0 aliphatic rings. The minimum absolute atomic E-state index is 0.0332. The molecule has 21 heavy (non-hydrogen) atoms. The van der Waals surface area contributed by atoms with Gasteiger partial charge in [-0.25, -0.2) is 4.39 Å². The highest BCUT2D eigenvalue weighted by atomic mass is 79.9. The highest BCUT2D eigenvalue weighted by Gasteiger charge is 2.30. The molecule has 1 atom stereocenters. The molecule has 1 N–H and O–H groups in total. The predicted octanol–water partition coefficient (Wildman–Crippen LogP) is 4.88. The number of rotatable bonds is 3. The molecule has 0 aliphatic carbocycles. The topological polar surface area (TPSA) is 20.2 Å². The van der Waals surface area contributed by atoms with Gasteiger partial charge in [0.05, 0.1) is 11.7 Å². The van der Waals surface area contributed by atoms with E-state index in [0.717, 1.165) is 12.1 Å². The summed E-state index contributed by atoms with van der Waals surface area (Å²) in [5.74, 6) is -0.558. The fraction of sp³-hybridized carbons (Fsp3) is 0.200. The Morgan fingerprint density at radius 3 is 2.24 bits per heavy atom. The highest BCUT2D eigenvalue weighted by molar-refractivity contribution is 9.10. The zero-order valence-corrected chi connectivity index (χ0v) is 12.2. The van der Waals surface area contributed by atoms with Crippen LogP contribution in [-0.4, -0.2) is 5.11 Å². The molecule has 0 amide bonds. The van der Waals surface area contributed by atoms with Crippen molar-refractivity contribution >= 4 is 15.9 Å². The van der Waals surface area contributed by atoms with Crippen molar-refractivity contribution in [3.8, 4) is 0 Å². The molecule has 1 nitrogen and oxygen atoms in total. The molecule has 6 heteroatoms. The van der Waals surface area contributed by atoms with Gasteiger partial charge in [-0.05, 0) is 35.9 Å². The molecule has 0 heterocycles. The maximum Gasteiger partial charge on any atom is 0.416 e. The normalized spacial score (nSPS) is 13.2. The quantitative estimate of drug-likeness (QED) is 0.771. The fourth-order valence-electron chi connectivity index (χ4n) is 1.93. The van der Waals surface area contributed by atoms with Crippen molar-refractivity contribution in [2.24, 2.45) is 0 Å². The largest absolute Gasteiger partial charge is 0.416 e. The summed E-state index contributed by atoms with van der Waals surface area (Å²) in [6.45, 7) is 0. The lowest BCUT2D eigenvalue weighted by Crippen LogP contribution is -2.07. The van der Waals surface area contributed by atoms with Gasteiger partial charge < -0.3 is 5.11 Å². The molecular weight excluding hydrogens is 352 g/mol. The molecule has 112 valence electrons. The van der Waals surface area contributed by atoms with Crippen LogP contribution in [-0.2, 0) is 12.6 Å². The number of alkyl halides is 3. The molecule has 0 spiro atoms. The molecule has 0 bridgehead atoms. The van der Waals surface area contributed by atoms with Gasteiger partial charge in [0.15, 0.2) is 0 Å². The van der Waals surface area contributed by atoms with E-state index in [1.54, 1.807) is 0 Å². The third kappa shape index (κ3) is 4.04. The van der Waals surface area contributed by atoms with Gasteiger partial charge in [0.25, 0.3) is 0 Å². The van der Waals surface area contributed by atoms with Gasteiger partial charge in [-0.3, -0.25) is 0 Å². The van der Waals surface area contributed by atoms with E-state index in [-0.39, 0.29) is 12.0 Å². The summed E-state index contributed by atoms with van der Waals surface area (Å²) in [6.07, 6.45) is -5.49. The van der Waals surface area contributed by atoms with Gasteiger partial charge in [-0.2, -0.15) is 13.2 Å². The molecule has 0 radical (unpaired) electrons. The standard InChI is InChI=1S/C15H11BrF4O/c16-11-5-6-13(17)12(8-11)14(21)7-9-1-3-10(4-2-9)15(18,19)20/h1-6,8,14,21H,7H2. The molecule has 2 aromatic rings. The summed E-state index contributed by atoms with van der Waals surface area (Å²) in [7, 11) is 0. The Kier molecular flexibility index (Phi) is 4.68. The minimum atomic E-state index is -4.40. The number of halogens is 5.